The maximum absolute atomic E-state index is 6.08. The van der Waals surface area contributed by atoms with E-state index in [1.54, 1.807) is 0 Å². The number of nitrogens with zero attached hydrogens (tertiary/aromatic N) is 3. The zero-order chi connectivity index (χ0) is 11.1. The maximum Gasteiger partial charge on any atom is 0.0945 e. The summed E-state index contributed by atoms with van der Waals surface area (Å²) in [5.74, 6) is 0. The molecule has 2 fully saturated rings. The van der Waals surface area contributed by atoms with E-state index in [4.69, 9.17) is 5.73 Å². The van der Waals surface area contributed by atoms with Crippen molar-refractivity contribution in [1.29, 1.82) is 0 Å². The van der Waals surface area contributed by atoms with Crippen molar-refractivity contribution >= 4 is 0 Å². The van der Waals surface area contributed by atoms with Crippen molar-refractivity contribution in [2.75, 3.05) is 0 Å². The van der Waals surface area contributed by atoms with E-state index in [-0.39, 0.29) is 0 Å². The SMILES string of the molecule is Cn1cncc1CN1C2CCC1CC(N)C2. The Kier molecular flexibility index (Phi) is 2.48. The Morgan fingerprint density at radius 2 is 2.06 bits per heavy atom. The fourth-order valence-electron chi connectivity index (χ4n) is 3.30. The lowest BCUT2D eigenvalue weighted by Crippen LogP contribution is -2.47. The Labute approximate surface area is 96.4 Å². The zero-order valence-corrected chi connectivity index (χ0v) is 9.84. The number of fused-ring (bicyclic) bond motifs is 2. The van der Waals surface area contributed by atoms with Crippen molar-refractivity contribution in [3.8, 4) is 0 Å². The molecule has 0 aromatic carbocycles. The highest BCUT2D eigenvalue weighted by atomic mass is 15.2. The second-order valence-electron chi connectivity index (χ2n) is 5.28. The molecule has 16 heavy (non-hydrogen) atoms. The minimum Gasteiger partial charge on any atom is -0.337 e. The fourth-order valence-corrected chi connectivity index (χ4v) is 3.30. The molecule has 0 aliphatic carbocycles. The van der Waals surface area contributed by atoms with Crippen LogP contribution in [-0.4, -0.2) is 32.6 Å². The predicted octanol–water partition coefficient (Wildman–Crippen LogP) is 0.874. The standard InChI is InChI=1S/C12H20N4/c1-15-8-14-6-12(15)7-16-10-2-3-11(16)5-9(13)4-10/h6,8-11H,2-5,7,13H2,1H3. The molecule has 2 aliphatic rings. The molecule has 2 saturated heterocycles. The van der Waals surface area contributed by atoms with E-state index in [0.717, 1.165) is 6.54 Å². The number of piperidine rings is 1. The number of rotatable bonds is 2. The number of aryl methyl sites for hydroxylation is 1. The second-order valence-corrected chi connectivity index (χ2v) is 5.28. The molecule has 2 N–H and O–H groups in total. The molecule has 1 aromatic heterocycles. The van der Waals surface area contributed by atoms with Crippen LogP contribution in [0.25, 0.3) is 0 Å². The molecule has 4 heteroatoms. The highest BCUT2D eigenvalue weighted by Gasteiger charge is 2.39. The molecule has 2 aliphatic heterocycles. The van der Waals surface area contributed by atoms with Gasteiger partial charge in [-0.15, -0.1) is 0 Å². The van der Waals surface area contributed by atoms with Crippen LogP contribution in [0, 0.1) is 0 Å². The van der Waals surface area contributed by atoms with Crippen molar-refractivity contribution in [3.63, 3.8) is 0 Å². The second kappa shape index (κ2) is 3.86. The smallest absolute Gasteiger partial charge is 0.0945 e. The Bertz CT molecular complexity index is 359. The van der Waals surface area contributed by atoms with Crippen molar-refractivity contribution in [2.45, 2.75) is 50.4 Å². The molecule has 0 radical (unpaired) electrons. The highest BCUT2D eigenvalue weighted by Crippen LogP contribution is 2.35. The van der Waals surface area contributed by atoms with E-state index in [9.17, 15) is 0 Å². The van der Waals surface area contributed by atoms with Gasteiger partial charge in [0.25, 0.3) is 0 Å². The molecular weight excluding hydrogens is 200 g/mol. The van der Waals surface area contributed by atoms with Crippen LogP contribution in [0.15, 0.2) is 12.5 Å². The molecule has 0 spiro atoms. The summed E-state index contributed by atoms with van der Waals surface area (Å²) in [5.41, 5.74) is 7.39. The topological polar surface area (TPSA) is 47.1 Å². The van der Waals surface area contributed by atoms with E-state index >= 15 is 0 Å². The first-order valence-electron chi connectivity index (χ1n) is 6.20. The molecule has 4 nitrogen and oxygen atoms in total. The van der Waals surface area contributed by atoms with Gasteiger partial charge >= 0.3 is 0 Å². The monoisotopic (exact) mass is 220 g/mol. The fraction of sp³-hybridized carbons (Fsp3) is 0.750. The number of hydrogen-bond donors (Lipinski definition) is 1. The maximum atomic E-state index is 6.08. The molecule has 0 amide bonds. The normalized spacial score (nSPS) is 34.5. The predicted molar refractivity (Wildman–Crippen MR) is 62.8 cm³/mol. The summed E-state index contributed by atoms with van der Waals surface area (Å²) >= 11 is 0. The first-order chi connectivity index (χ1) is 7.74. The van der Waals surface area contributed by atoms with Crippen LogP contribution in [0.4, 0.5) is 0 Å². The minimum atomic E-state index is 0.431. The van der Waals surface area contributed by atoms with E-state index in [0.29, 0.717) is 18.1 Å². The summed E-state index contributed by atoms with van der Waals surface area (Å²) < 4.78 is 2.12. The van der Waals surface area contributed by atoms with Gasteiger partial charge < -0.3 is 10.3 Å². The lowest BCUT2D eigenvalue weighted by atomic mass is 9.98. The molecule has 2 bridgehead atoms. The third kappa shape index (κ3) is 1.66. The summed E-state index contributed by atoms with van der Waals surface area (Å²) in [4.78, 5) is 6.82. The minimum absolute atomic E-state index is 0.431. The van der Waals surface area contributed by atoms with Crippen LogP contribution in [0.5, 0.6) is 0 Å². The molecular formula is C12H20N4. The van der Waals surface area contributed by atoms with Gasteiger partial charge in [-0.3, -0.25) is 4.90 Å². The van der Waals surface area contributed by atoms with Crippen LogP contribution >= 0.6 is 0 Å². The molecule has 3 rings (SSSR count). The first kappa shape index (κ1) is 10.3. The number of aromatic nitrogens is 2. The molecule has 0 saturated carbocycles. The van der Waals surface area contributed by atoms with Crippen LogP contribution in [-0.2, 0) is 13.6 Å². The zero-order valence-electron chi connectivity index (χ0n) is 9.84. The van der Waals surface area contributed by atoms with Crippen LogP contribution in [0.3, 0.4) is 0 Å². The number of nitrogens with two attached hydrogens (primary N) is 1. The van der Waals surface area contributed by atoms with Gasteiger partial charge in [0.05, 0.1) is 12.0 Å². The first-order valence-corrected chi connectivity index (χ1v) is 6.20. The van der Waals surface area contributed by atoms with Gasteiger partial charge in [0, 0.05) is 37.9 Å². The third-order valence-electron chi connectivity index (χ3n) is 4.18. The molecule has 2 atom stereocenters. The van der Waals surface area contributed by atoms with E-state index in [1.807, 2.05) is 12.5 Å². The lowest BCUT2D eigenvalue weighted by molar-refractivity contribution is 0.117. The summed E-state index contributed by atoms with van der Waals surface area (Å²) in [5, 5.41) is 0. The molecule has 1 aromatic rings. The van der Waals surface area contributed by atoms with Crippen molar-refractivity contribution in [2.24, 2.45) is 12.8 Å². The molecule has 2 unspecified atom stereocenters. The summed E-state index contributed by atoms with van der Waals surface area (Å²) in [6, 6.07) is 1.85. The van der Waals surface area contributed by atoms with Gasteiger partial charge in [-0.2, -0.15) is 0 Å². The Morgan fingerprint density at radius 1 is 1.38 bits per heavy atom. The van der Waals surface area contributed by atoms with Gasteiger partial charge in [0.2, 0.25) is 0 Å². The van der Waals surface area contributed by atoms with E-state index in [1.165, 1.54) is 31.4 Å². The Balaban J connectivity index is 1.75. The summed E-state index contributed by atoms with van der Waals surface area (Å²) in [7, 11) is 2.07. The number of hydrogen-bond acceptors (Lipinski definition) is 3. The van der Waals surface area contributed by atoms with Gasteiger partial charge in [0.1, 0.15) is 0 Å². The molecule has 3 heterocycles. The largest absolute Gasteiger partial charge is 0.337 e. The molecule has 88 valence electrons. The van der Waals surface area contributed by atoms with Crippen molar-refractivity contribution in [3.05, 3.63) is 18.2 Å². The Hall–Kier alpha value is -0.870. The highest BCUT2D eigenvalue weighted by molar-refractivity contribution is 5.03. The lowest BCUT2D eigenvalue weighted by Gasteiger charge is -2.37. The third-order valence-corrected chi connectivity index (χ3v) is 4.18. The van der Waals surface area contributed by atoms with Gasteiger partial charge in [-0.05, 0) is 25.7 Å². The average Bonchev–Trinajstić information content (AvgIpc) is 2.73. The Morgan fingerprint density at radius 3 is 2.62 bits per heavy atom. The quantitative estimate of drug-likeness (QED) is 0.804. The van der Waals surface area contributed by atoms with Crippen molar-refractivity contribution in [1.82, 2.24) is 14.5 Å². The van der Waals surface area contributed by atoms with Gasteiger partial charge in [0.15, 0.2) is 0 Å². The van der Waals surface area contributed by atoms with Crippen molar-refractivity contribution < 1.29 is 0 Å². The average molecular weight is 220 g/mol. The summed E-state index contributed by atoms with van der Waals surface area (Å²) in [6.07, 6.45) is 8.87. The number of imidazole rings is 1. The van der Waals surface area contributed by atoms with E-state index in [2.05, 4.69) is 21.5 Å². The van der Waals surface area contributed by atoms with Crippen LogP contribution < -0.4 is 5.73 Å². The van der Waals surface area contributed by atoms with Gasteiger partial charge in [-0.1, -0.05) is 0 Å². The van der Waals surface area contributed by atoms with Crippen LogP contribution in [0.1, 0.15) is 31.4 Å². The summed E-state index contributed by atoms with van der Waals surface area (Å²) in [6.45, 7) is 1.04. The van der Waals surface area contributed by atoms with Gasteiger partial charge in [-0.25, -0.2) is 4.98 Å². The van der Waals surface area contributed by atoms with Crippen LogP contribution in [0.2, 0.25) is 0 Å². The van der Waals surface area contributed by atoms with E-state index < -0.39 is 0 Å².